The summed E-state index contributed by atoms with van der Waals surface area (Å²) in [5, 5.41) is 39.1. The number of esters is 1. The summed E-state index contributed by atoms with van der Waals surface area (Å²) in [6.45, 7) is 0.873. The van der Waals surface area contributed by atoms with Gasteiger partial charge in [-0.15, -0.1) is 0 Å². The Bertz CT molecular complexity index is 588. The fraction of sp³-hybridized carbons (Fsp3) is 0.500. The molecule has 1 saturated heterocycles. The second-order valence-electron chi connectivity index (χ2n) is 5.37. The lowest BCUT2D eigenvalue weighted by atomic mass is 9.99. The third-order valence-corrected chi connectivity index (χ3v) is 3.61. The molecule has 0 unspecified atom stereocenters. The van der Waals surface area contributed by atoms with E-state index in [1.54, 1.807) is 30.3 Å². The van der Waals surface area contributed by atoms with Crippen LogP contribution in [0, 0.1) is 11.3 Å². The first kappa shape index (κ1) is 18.3. The molecular weight excluding hydrogens is 318 g/mol. The van der Waals surface area contributed by atoms with E-state index in [4.69, 9.17) is 14.2 Å². The van der Waals surface area contributed by atoms with Gasteiger partial charge in [0, 0.05) is 6.92 Å². The van der Waals surface area contributed by atoms with E-state index in [0.717, 1.165) is 0 Å². The number of hydrogen-bond acceptors (Lipinski definition) is 8. The van der Waals surface area contributed by atoms with E-state index in [1.165, 1.54) is 6.92 Å². The van der Waals surface area contributed by atoms with Crippen molar-refractivity contribution in [2.75, 3.05) is 6.61 Å². The number of rotatable bonds is 5. The Hall–Kier alpha value is -2.02. The van der Waals surface area contributed by atoms with Gasteiger partial charge in [-0.05, 0) is 5.56 Å². The second kappa shape index (κ2) is 8.19. The molecule has 24 heavy (non-hydrogen) atoms. The van der Waals surface area contributed by atoms with Crippen molar-refractivity contribution in [2.24, 2.45) is 0 Å². The van der Waals surface area contributed by atoms with Crippen LogP contribution in [0.1, 0.15) is 18.6 Å². The van der Waals surface area contributed by atoms with E-state index in [0.29, 0.717) is 5.56 Å². The summed E-state index contributed by atoms with van der Waals surface area (Å²) in [5.41, 5.74) is 0.549. The topological polar surface area (TPSA) is 129 Å². The average molecular weight is 337 g/mol. The smallest absolute Gasteiger partial charge is 0.302 e. The maximum Gasteiger partial charge on any atom is 0.302 e. The lowest BCUT2D eigenvalue weighted by molar-refractivity contribution is -0.308. The zero-order chi connectivity index (χ0) is 17.7. The first-order valence-corrected chi connectivity index (χ1v) is 7.37. The Morgan fingerprint density at radius 2 is 1.92 bits per heavy atom. The van der Waals surface area contributed by atoms with E-state index in [9.17, 15) is 25.4 Å². The van der Waals surface area contributed by atoms with Gasteiger partial charge < -0.3 is 29.5 Å². The summed E-state index contributed by atoms with van der Waals surface area (Å²) in [6, 6.07) is 10.5. The van der Waals surface area contributed by atoms with Gasteiger partial charge in [0.25, 0.3) is 0 Å². The van der Waals surface area contributed by atoms with Crippen LogP contribution in [0.4, 0.5) is 0 Å². The Morgan fingerprint density at radius 1 is 1.25 bits per heavy atom. The Labute approximate surface area is 138 Å². The third-order valence-electron chi connectivity index (χ3n) is 3.61. The number of carbonyl (C=O) groups is 1. The van der Waals surface area contributed by atoms with Crippen LogP contribution in [0.15, 0.2) is 30.3 Å². The fourth-order valence-corrected chi connectivity index (χ4v) is 2.31. The van der Waals surface area contributed by atoms with Gasteiger partial charge in [-0.2, -0.15) is 5.26 Å². The number of aliphatic hydroxyl groups excluding tert-OH is 3. The summed E-state index contributed by atoms with van der Waals surface area (Å²) < 4.78 is 15.6. The van der Waals surface area contributed by atoms with Gasteiger partial charge in [-0.25, -0.2) is 0 Å². The molecule has 0 radical (unpaired) electrons. The predicted octanol–water partition coefficient (Wildman–Crippen LogP) is -0.361. The molecule has 8 nitrogen and oxygen atoms in total. The molecule has 1 aliphatic rings. The first-order chi connectivity index (χ1) is 11.4. The molecule has 8 heteroatoms. The maximum absolute atomic E-state index is 10.9. The Balaban J connectivity index is 2.09. The van der Waals surface area contributed by atoms with Crippen LogP contribution in [0.25, 0.3) is 0 Å². The number of hydrogen-bond donors (Lipinski definition) is 3. The van der Waals surface area contributed by atoms with E-state index < -0.39 is 42.8 Å². The summed E-state index contributed by atoms with van der Waals surface area (Å²) in [5.74, 6) is -0.580. The van der Waals surface area contributed by atoms with Crippen molar-refractivity contribution >= 4 is 5.97 Å². The van der Waals surface area contributed by atoms with Crippen molar-refractivity contribution in [3.63, 3.8) is 0 Å². The van der Waals surface area contributed by atoms with Crippen LogP contribution < -0.4 is 0 Å². The summed E-state index contributed by atoms with van der Waals surface area (Å²) in [7, 11) is 0. The van der Waals surface area contributed by atoms with Crippen LogP contribution in [0.2, 0.25) is 0 Å². The van der Waals surface area contributed by atoms with Gasteiger partial charge in [-0.1, -0.05) is 30.3 Å². The molecule has 2 rings (SSSR count). The lowest BCUT2D eigenvalue weighted by Crippen LogP contribution is -2.59. The zero-order valence-electron chi connectivity index (χ0n) is 13.0. The minimum Gasteiger partial charge on any atom is -0.463 e. The minimum atomic E-state index is -1.57. The maximum atomic E-state index is 10.9. The average Bonchev–Trinajstić information content (AvgIpc) is 2.59. The van der Waals surface area contributed by atoms with Crippen molar-refractivity contribution in [3.8, 4) is 6.07 Å². The summed E-state index contributed by atoms with van der Waals surface area (Å²) in [6.07, 6.45) is -8.09. The molecule has 1 aromatic carbocycles. The van der Waals surface area contributed by atoms with Crippen LogP contribution >= 0.6 is 0 Å². The number of benzene rings is 1. The molecule has 1 aliphatic heterocycles. The molecule has 1 fully saturated rings. The molecule has 1 heterocycles. The highest BCUT2D eigenvalue weighted by molar-refractivity contribution is 5.65. The number of nitrogens with zero attached hydrogens (tertiary/aromatic N) is 1. The van der Waals surface area contributed by atoms with E-state index in [2.05, 4.69) is 0 Å². The molecule has 0 spiro atoms. The monoisotopic (exact) mass is 337 g/mol. The molecule has 0 aliphatic carbocycles. The molecule has 1 aromatic rings. The zero-order valence-corrected chi connectivity index (χ0v) is 13.0. The van der Waals surface area contributed by atoms with Crippen LogP contribution in [0.5, 0.6) is 0 Å². The highest BCUT2D eigenvalue weighted by atomic mass is 16.7. The Morgan fingerprint density at radius 3 is 2.50 bits per heavy atom. The number of carbonyl (C=O) groups excluding carboxylic acids is 1. The first-order valence-electron chi connectivity index (χ1n) is 7.37. The van der Waals surface area contributed by atoms with E-state index >= 15 is 0 Å². The van der Waals surface area contributed by atoms with Crippen molar-refractivity contribution in [2.45, 2.75) is 43.7 Å². The Kier molecular flexibility index (Phi) is 6.25. The van der Waals surface area contributed by atoms with Gasteiger partial charge in [0.05, 0.1) is 6.07 Å². The van der Waals surface area contributed by atoms with Crippen LogP contribution in [-0.2, 0) is 19.0 Å². The largest absolute Gasteiger partial charge is 0.463 e. The van der Waals surface area contributed by atoms with Crippen molar-refractivity contribution in [1.29, 1.82) is 5.26 Å². The SMILES string of the molecule is CC(=O)OC[C@H]1O[C@@H](O[C@@H](C#N)c2ccccc2)[C@H](O)[C@@H](O)[C@@H]1O. The standard InChI is InChI=1S/C16H19NO7/c1-9(18)22-8-12-13(19)14(20)15(21)16(24-12)23-11(7-17)10-5-3-2-4-6-10/h2-6,11-16,19-21H,8H2,1H3/t11-,12+,13+,14-,15+,16+/m0/s1. The normalized spacial score (nSPS) is 31.0. The van der Waals surface area contributed by atoms with E-state index in [-0.39, 0.29) is 6.61 Å². The van der Waals surface area contributed by atoms with Gasteiger partial charge in [-0.3, -0.25) is 4.79 Å². The van der Waals surface area contributed by atoms with Crippen molar-refractivity contribution in [3.05, 3.63) is 35.9 Å². The molecular formula is C16H19NO7. The summed E-state index contributed by atoms with van der Waals surface area (Å²) >= 11 is 0. The highest BCUT2D eigenvalue weighted by Crippen LogP contribution is 2.27. The van der Waals surface area contributed by atoms with Crippen LogP contribution in [0.3, 0.4) is 0 Å². The van der Waals surface area contributed by atoms with Crippen molar-refractivity contribution < 1.29 is 34.3 Å². The lowest BCUT2D eigenvalue weighted by Gasteiger charge is -2.40. The summed E-state index contributed by atoms with van der Waals surface area (Å²) in [4.78, 5) is 10.9. The van der Waals surface area contributed by atoms with Crippen LogP contribution in [-0.4, -0.2) is 58.6 Å². The van der Waals surface area contributed by atoms with Gasteiger partial charge in [0.2, 0.25) is 0 Å². The molecule has 0 bridgehead atoms. The molecule has 3 N–H and O–H groups in total. The number of ether oxygens (including phenoxy) is 3. The van der Waals surface area contributed by atoms with Gasteiger partial charge in [0.1, 0.15) is 31.0 Å². The minimum absolute atomic E-state index is 0.317. The highest BCUT2D eigenvalue weighted by Gasteiger charge is 2.45. The number of nitriles is 1. The predicted molar refractivity (Wildman–Crippen MR) is 79.2 cm³/mol. The fourth-order valence-electron chi connectivity index (χ4n) is 2.31. The number of aliphatic hydroxyl groups is 3. The van der Waals surface area contributed by atoms with E-state index in [1.807, 2.05) is 6.07 Å². The molecule has 130 valence electrons. The second-order valence-corrected chi connectivity index (χ2v) is 5.37. The molecule has 6 atom stereocenters. The van der Waals surface area contributed by atoms with Gasteiger partial charge in [0.15, 0.2) is 12.4 Å². The van der Waals surface area contributed by atoms with Gasteiger partial charge >= 0.3 is 5.97 Å². The van der Waals surface area contributed by atoms with Crippen molar-refractivity contribution in [1.82, 2.24) is 0 Å². The molecule has 0 amide bonds. The quantitative estimate of drug-likeness (QED) is 0.621. The third kappa shape index (κ3) is 4.29. The molecule has 0 aromatic heterocycles. The molecule has 0 saturated carbocycles.